The molecule has 1 aromatic heterocycles. The van der Waals surface area contributed by atoms with Crippen molar-refractivity contribution < 1.29 is 4.39 Å². The fourth-order valence-electron chi connectivity index (χ4n) is 1.21. The predicted molar refractivity (Wildman–Crippen MR) is 52.2 cm³/mol. The van der Waals surface area contributed by atoms with Gasteiger partial charge in [0.25, 0.3) is 5.56 Å². The molecular weight excluding hydrogens is 237 g/mol. The van der Waals surface area contributed by atoms with Gasteiger partial charge in [-0.15, -0.1) is 0 Å². The molecule has 0 spiro atoms. The Hall–Kier alpha value is -1.16. The Labute approximate surface area is 81.5 Å². The molecule has 0 atom stereocenters. The minimum Gasteiger partial charge on any atom is -0.329 e. The lowest BCUT2D eigenvalue weighted by atomic mass is 10.2. The van der Waals surface area contributed by atoms with E-state index in [0.29, 0.717) is 5.39 Å². The van der Waals surface area contributed by atoms with E-state index in [1.807, 2.05) is 0 Å². The minimum atomic E-state index is -0.427. The third-order valence-electron chi connectivity index (χ3n) is 1.83. The van der Waals surface area contributed by atoms with Gasteiger partial charge in [-0.3, -0.25) is 4.79 Å². The Morgan fingerprint density at radius 1 is 1.31 bits per heavy atom. The predicted octanol–water partition coefficient (Wildman–Crippen LogP) is 2.43. The van der Waals surface area contributed by atoms with Crippen molar-refractivity contribution in [3.8, 4) is 0 Å². The largest absolute Gasteiger partial charge is 0.329 e. The number of halogens is 2. The van der Waals surface area contributed by atoms with Gasteiger partial charge in [-0.25, -0.2) is 4.39 Å². The van der Waals surface area contributed by atoms with Crippen molar-refractivity contribution in [1.29, 1.82) is 0 Å². The second-order valence-corrected chi connectivity index (χ2v) is 3.43. The van der Waals surface area contributed by atoms with Crippen molar-refractivity contribution in [1.82, 2.24) is 4.98 Å². The van der Waals surface area contributed by atoms with E-state index >= 15 is 0 Å². The molecule has 0 bridgehead atoms. The first kappa shape index (κ1) is 8.44. The number of hydrogen-bond acceptors (Lipinski definition) is 1. The van der Waals surface area contributed by atoms with Crippen LogP contribution in [0.3, 0.4) is 0 Å². The summed E-state index contributed by atoms with van der Waals surface area (Å²) in [4.78, 5) is 13.8. The van der Waals surface area contributed by atoms with Crippen molar-refractivity contribution in [2.75, 3.05) is 0 Å². The number of aromatic amines is 1. The van der Waals surface area contributed by atoms with Crippen LogP contribution in [0.4, 0.5) is 4.39 Å². The topological polar surface area (TPSA) is 32.9 Å². The number of nitrogens with one attached hydrogen (secondary N) is 1. The van der Waals surface area contributed by atoms with E-state index in [1.54, 1.807) is 12.1 Å². The maximum absolute atomic E-state index is 13.0. The first-order chi connectivity index (χ1) is 6.20. The molecule has 1 aromatic carbocycles. The van der Waals surface area contributed by atoms with Crippen LogP contribution in [0.15, 0.2) is 33.7 Å². The lowest BCUT2D eigenvalue weighted by Crippen LogP contribution is -2.05. The summed E-state index contributed by atoms with van der Waals surface area (Å²) in [6.07, 6.45) is 1.54. The van der Waals surface area contributed by atoms with Gasteiger partial charge in [-0.05, 0) is 33.4 Å². The van der Waals surface area contributed by atoms with Gasteiger partial charge in [0.1, 0.15) is 5.82 Å². The maximum atomic E-state index is 13.0. The van der Waals surface area contributed by atoms with Crippen LogP contribution >= 0.6 is 15.9 Å². The number of aromatic nitrogens is 1. The second kappa shape index (κ2) is 2.96. The summed E-state index contributed by atoms with van der Waals surface area (Å²) < 4.78 is 13.2. The van der Waals surface area contributed by atoms with Crippen LogP contribution in [0, 0.1) is 5.82 Å². The van der Waals surface area contributed by atoms with Crippen LogP contribution in [0.25, 0.3) is 10.8 Å². The Morgan fingerprint density at radius 3 is 2.85 bits per heavy atom. The summed E-state index contributed by atoms with van der Waals surface area (Å²) in [5.74, 6) is -0.427. The molecule has 0 saturated carbocycles. The van der Waals surface area contributed by atoms with Gasteiger partial charge >= 0.3 is 0 Å². The number of H-pyrrole nitrogens is 1. The molecule has 0 radical (unpaired) electrons. The second-order valence-electron chi connectivity index (χ2n) is 2.63. The van der Waals surface area contributed by atoms with Gasteiger partial charge in [0.2, 0.25) is 0 Å². The van der Waals surface area contributed by atoms with E-state index in [0.717, 1.165) is 5.39 Å². The van der Waals surface area contributed by atoms with Gasteiger partial charge in [-0.1, -0.05) is 6.07 Å². The molecule has 13 heavy (non-hydrogen) atoms. The highest BCUT2D eigenvalue weighted by atomic mass is 79.9. The lowest BCUT2D eigenvalue weighted by molar-refractivity contribution is 0.623. The highest BCUT2D eigenvalue weighted by molar-refractivity contribution is 9.10. The Morgan fingerprint density at radius 2 is 2.08 bits per heavy atom. The number of hydrogen-bond donors (Lipinski definition) is 1. The Kier molecular flexibility index (Phi) is 1.92. The highest BCUT2D eigenvalue weighted by Gasteiger charge is 2.06. The molecule has 0 aliphatic heterocycles. The first-order valence-corrected chi connectivity index (χ1v) is 4.45. The zero-order chi connectivity index (χ0) is 9.42. The molecule has 0 unspecified atom stereocenters. The van der Waals surface area contributed by atoms with Crippen molar-refractivity contribution in [3.05, 3.63) is 45.0 Å². The van der Waals surface area contributed by atoms with E-state index in [2.05, 4.69) is 20.9 Å². The van der Waals surface area contributed by atoms with Crippen LogP contribution in [0.1, 0.15) is 0 Å². The standard InChI is InChI=1S/C9H5BrFNO/c10-8-6(11)2-1-5-3-4-12-9(13)7(5)8/h1-4H,(H,12,13). The number of rotatable bonds is 0. The molecule has 4 heteroatoms. The fraction of sp³-hybridized carbons (Fsp3) is 0. The van der Waals surface area contributed by atoms with E-state index in [1.165, 1.54) is 12.3 Å². The molecule has 1 N–H and O–H groups in total. The molecule has 0 aliphatic carbocycles. The van der Waals surface area contributed by atoms with Crippen molar-refractivity contribution in [2.45, 2.75) is 0 Å². The molecular formula is C9H5BrFNO. The Bertz CT molecular complexity index is 520. The first-order valence-electron chi connectivity index (χ1n) is 3.65. The summed E-state index contributed by atoms with van der Waals surface area (Å²) in [7, 11) is 0. The maximum Gasteiger partial charge on any atom is 0.257 e. The normalized spacial score (nSPS) is 10.6. The molecule has 66 valence electrons. The minimum absolute atomic E-state index is 0.215. The SMILES string of the molecule is O=c1[nH]ccc2ccc(F)c(Br)c12. The van der Waals surface area contributed by atoms with Gasteiger partial charge in [0.15, 0.2) is 0 Å². The van der Waals surface area contributed by atoms with Crippen molar-refractivity contribution in [3.63, 3.8) is 0 Å². The van der Waals surface area contributed by atoms with Crippen LogP contribution in [0.2, 0.25) is 0 Å². The summed E-state index contributed by atoms with van der Waals surface area (Å²) >= 11 is 3.04. The van der Waals surface area contributed by atoms with Crippen LogP contribution in [0.5, 0.6) is 0 Å². The summed E-state index contributed by atoms with van der Waals surface area (Å²) in [6, 6.07) is 4.62. The van der Waals surface area contributed by atoms with E-state index in [-0.39, 0.29) is 10.0 Å². The quantitative estimate of drug-likeness (QED) is 0.756. The number of pyridine rings is 1. The van der Waals surface area contributed by atoms with Crippen molar-refractivity contribution >= 4 is 26.7 Å². The lowest BCUT2D eigenvalue weighted by Gasteiger charge is -1.99. The van der Waals surface area contributed by atoms with Gasteiger partial charge in [0, 0.05) is 6.20 Å². The van der Waals surface area contributed by atoms with Crippen LogP contribution in [-0.2, 0) is 0 Å². The summed E-state index contributed by atoms with van der Waals surface area (Å²) in [5, 5.41) is 1.07. The van der Waals surface area contributed by atoms with Crippen LogP contribution in [-0.4, -0.2) is 4.98 Å². The van der Waals surface area contributed by atoms with Crippen LogP contribution < -0.4 is 5.56 Å². The molecule has 0 aliphatic rings. The van der Waals surface area contributed by atoms with E-state index in [4.69, 9.17) is 0 Å². The van der Waals surface area contributed by atoms with Crippen molar-refractivity contribution in [2.24, 2.45) is 0 Å². The molecule has 2 aromatic rings. The molecule has 2 nitrogen and oxygen atoms in total. The fourth-order valence-corrected chi connectivity index (χ4v) is 1.76. The van der Waals surface area contributed by atoms with E-state index in [9.17, 15) is 9.18 Å². The third-order valence-corrected chi connectivity index (χ3v) is 2.61. The number of fused-ring (bicyclic) bond motifs is 1. The molecule has 0 fully saturated rings. The third kappa shape index (κ3) is 1.27. The number of benzene rings is 1. The smallest absolute Gasteiger partial charge is 0.257 e. The van der Waals surface area contributed by atoms with Gasteiger partial charge < -0.3 is 4.98 Å². The zero-order valence-electron chi connectivity index (χ0n) is 6.47. The zero-order valence-corrected chi connectivity index (χ0v) is 8.06. The summed E-state index contributed by atoms with van der Waals surface area (Å²) in [6.45, 7) is 0. The Balaban J connectivity index is 3.06. The average molecular weight is 242 g/mol. The molecule has 0 saturated heterocycles. The molecule has 0 amide bonds. The molecule has 1 heterocycles. The van der Waals surface area contributed by atoms with Gasteiger partial charge in [0.05, 0.1) is 9.86 Å². The monoisotopic (exact) mass is 241 g/mol. The van der Waals surface area contributed by atoms with E-state index < -0.39 is 5.82 Å². The average Bonchev–Trinajstić information content (AvgIpc) is 2.12. The highest BCUT2D eigenvalue weighted by Crippen LogP contribution is 2.23. The van der Waals surface area contributed by atoms with Gasteiger partial charge in [-0.2, -0.15) is 0 Å². The molecule has 2 rings (SSSR count). The summed E-state index contributed by atoms with van der Waals surface area (Å²) in [5.41, 5.74) is -0.288.